The van der Waals surface area contributed by atoms with E-state index in [0.29, 0.717) is 0 Å². The molecule has 1 N–H and O–H groups in total. The topological polar surface area (TPSA) is 29.1 Å². The molecule has 2 heterocycles. The lowest BCUT2D eigenvalue weighted by Crippen LogP contribution is -2.34. The zero-order valence-corrected chi connectivity index (χ0v) is 12.0. The van der Waals surface area contributed by atoms with Crippen LogP contribution in [0.2, 0.25) is 0 Å². The second-order valence-corrected chi connectivity index (χ2v) is 6.17. The number of amides is 1. The molecule has 0 spiro atoms. The normalized spacial score (nSPS) is 12.9. The van der Waals surface area contributed by atoms with Crippen molar-refractivity contribution in [3.63, 3.8) is 0 Å². The summed E-state index contributed by atoms with van der Waals surface area (Å²) in [5.74, 6) is 0.0414. The Morgan fingerprint density at radius 3 is 3.00 bits per heavy atom. The van der Waals surface area contributed by atoms with Crippen molar-refractivity contribution >= 4 is 53.9 Å². The number of alkyl halides is 1. The molecule has 0 fully saturated rings. The smallest absolute Gasteiger partial charge is 0.261 e. The number of halogens is 1. The second kappa shape index (κ2) is 5.29. The summed E-state index contributed by atoms with van der Waals surface area (Å²) in [6.45, 7) is 2.07. The first kappa shape index (κ1) is 12.1. The van der Waals surface area contributed by atoms with Crippen molar-refractivity contribution in [2.45, 2.75) is 19.4 Å². The number of nitrogens with one attached hydrogen (secondary N) is 1. The fraction of sp³-hybridized carbons (Fsp3) is 0.364. The van der Waals surface area contributed by atoms with Gasteiger partial charge in [0.15, 0.2) is 0 Å². The van der Waals surface area contributed by atoms with Crippen molar-refractivity contribution < 1.29 is 4.79 Å². The van der Waals surface area contributed by atoms with Gasteiger partial charge in [-0.2, -0.15) is 0 Å². The molecule has 16 heavy (non-hydrogen) atoms. The number of carbonyl (C=O) groups is 1. The van der Waals surface area contributed by atoms with Gasteiger partial charge in [-0.3, -0.25) is 4.79 Å². The van der Waals surface area contributed by atoms with Crippen LogP contribution in [0.3, 0.4) is 0 Å². The zero-order valence-electron chi connectivity index (χ0n) is 8.83. The van der Waals surface area contributed by atoms with Gasteiger partial charge in [0.1, 0.15) is 0 Å². The van der Waals surface area contributed by atoms with Crippen molar-refractivity contribution in [2.24, 2.45) is 0 Å². The molecule has 0 saturated carbocycles. The van der Waals surface area contributed by atoms with E-state index in [2.05, 4.69) is 39.6 Å². The zero-order chi connectivity index (χ0) is 11.5. The second-order valence-electron chi connectivity index (χ2n) is 3.49. The van der Waals surface area contributed by atoms with Gasteiger partial charge in [0.2, 0.25) is 0 Å². The molecule has 0 aliphatic carbocycles. The predicted molar refractivity (Wildman–Crippen MR) is 75.0 cm³/mol. The molecule has 0 aliphatic heterocycles. The van der Waals surface area contributed by atoms with Crippen LogP contribution in [0.4, 0.5) is 0 Å². The maximum atomic E-state index is 11.9. The predicted octanol–water partition coefficient (Wildman–Crippen LogP) is 3.87. The third-order valence-corrected chi connectivity index (χ3v) is 5.25. The molecule has 2 aromatic rings. The summed E-state index contributed by atoms with van der Waals surface area (Å²) in [6.07, 6.45) is 0.941. The average molecular weight is 318 g/mol. The molecular formula is C11H12BrNOS2. The molecule has 0 saturated heterocycles. The fourth-order valence-electron chi connectivity index (χ4n) is 1.38. The van der Waals surface area contributed by atoms with Crippen molar-refractivity contribution in [3.05, 3.63) is 22.4 Å². The van der Waals surface area contributed by atoms with Crippen LogP contribution in [-0.2, 0) is 0 Å². The maximum Gasteiger partial charge on any atom is 0.261 e. The Morgan fingerprint density at radius 2 is 2.38 bits per heavy atom. The van der Waals surface area contributed by atoms with Gasteiger partial charge in [-0.05, 0) is 23.9 Å². The summed E-state index contributed by atoms with van der Waals surface area (Å²) in [4.78, 5) is 12.7. The van der Waals surface area contributed by atoms with Gasteiger partial charge in [0.05, 0.1) is 4.88 Å². The van der Waals surface area contributed by atoms with Gasteiger partial charge in [0, 0.05) is 20.8 Å². The van der Waals surface area contributed by atoms with E-state index in [1.807, 2.05) is 6.07 Å². The molecule has 2 nitrogen and oxygen atoms in total. The average Bonchev–Trinajstić information content (AvgIpc) is 2.85. The first-order chi connectivity index (χ1) is 7.74. The maximum absolute atomic E-state index is 11.9. The number of hydrogen-bond acceptors (Lipinski definition) is 3. The van der Waals surface area contributed by atoms with E-state index >= 15 is 0 Å². The minimum atomic E-state index is 0.0414. The molecular weight excluding hydrogens is 306 g/mol. The van der Waals surface area contributed by atoms with Crippen LogP contribution in [0.5, 0.6) is 0 Å². The molecule has 0 radical (unpaired) electrons. The number of hydrogen-bond donors (Lipinski definition) is 1. The molecule has 86 valence electrons. The molecule has 1 unspecified atom stereocenters. The Hall–Kier alpha value is -0.390. The van der Waals surface area contributed by atoms with Gasteiger partial charge in [-0.15, -0.1) is 22.7 Å². The summed E-state index contributed by atoms with van der Waals surface area (Å²) in [5, 5.41) is 5.86. The number of rotatable bonds is 4. The van der Waals surface area contributed by atoms with Crippen LogP contribution in [0, 0.1) is 0 Å². The molecule has 0 bridgehead atoms. The van der Waals surface area contributed by atoms with E-state index in [1.165, 1.54) is 9.40 Å². The van der Waals surface area contributed by atoms with Crippen LogP contribution >= 0.6 is 38.6 Å². The molecule has 1 atom stereocenters. The third-order valence-electron chi connectivity index (χ3n) is 2.38. The van der Waals surface area contributed by atoms with Crippen molar-refractivity contribution in [1.82, 2.24) is 5.32 Å². The standard InChI is InChI=1S/C11H12BrNOS2/c1-2-7(6-12)13-11(14)10-5-9-8(16-10)3-4-15-9/h3-5,7H,2,6H2,1H3,(H,13,14). The van der Waals surface area contributed by atoms with Crippen LogP contribution in [0.1, 0.15) is 23.0 Å². The molecule has 0 aliphatic rings. The summed E-state index contributed by atoms with van der Waals surface area (Å²) in [6, 6.07) is 4.25. The van der Waals surface area contributed by atoms with Gasteiger partial charge >= 0.3 is 0 Å². The summed E-state index contributed by atoms with van der Waals surface area (Å²) >= 11 is 6.63. The third kappa shape index (κ3) is 2.47. The minimum Gasteiger partial charge on any atom is -0.348 e. The van der Waals surface area contributed by atoms with Crippen molar-refractivity contribution in [2.75, 3.05) is 5.33 Å². The Labute approximate surface area is 111 Å². The van der Waals surface area contributed by atoms with Crippen LogP contribution in [0.25, 0.3) is 9.40 Å². The van der Waals surface area contributed by atoms with Crippen LogP contribution in [-0.4, -0.2) is 17.3 Å². The van der Waals surface area contributed by atoms with Gasteiger partial charge in [-0.1, -0.05) is 22.9 Å². The lowest BCUT2D eigenvalue weighted by molar-refractivity contribution is 0.0944. The monoisotopic (exact) mass is 317 g/mol. The minimum absolute atomic E-state index is 0.0414. The van der Waals surface area contributed by atoms with E-state index in [4.69, 9.17) is 0 Å². The Morgan fingerprint density at radius 1 is 1.56 bits per heavy atom. The fourth-order valence-corrected chi connectivity index (χ4v) is 4.02. The Balaban J connectivity index is 2.12. The highest BCUT2D eigenvalue weighted by molar-refractivity contribution is 9.09. The van der Waals surface area contributed by atoms with E-state index in [9.17, 15) is 4.79 Å². The number of carbonyl (C=O) groups excluding carboxylic acids is 1. The van der Waals surface area contributed by atoms with Crippen LogP contribution in [0.15, 0.2) is 17.5 Å². The molecule has 1 amide bonds. The summed E-state index contributed by atoms with van der Waals surface area (Å²) < 4.78 is 2.39. The molecule has 5 heteroatoms. The van der Waals surface area contributed by atoms with E-state index < -0.39 is 0 Å². The van der Waals surface area contributed by atoms with Crippen LogP contribution < -0.4 is 5.32 Å². The molecule has 2 rings (SSSR count). The highest BCUT2D eigenvalue weighted by Crippen LogP contribution is 2.29. The van der Waals surface area contributed by atoms with Gasteiger partial charge in [-0.25, -0.2) is 0 Å². The quantitative estimate of drug-likeness (QED) is 0.852. The highest BCUT2D eigenvalue weighted by atomic mass is 79.9. The van der Waals surface area contributed by atoms with Gasteiger partial charge < -0.3 is 5.32 Å². The van der Waals surface area contributed by atoms with E-state index in [-0.39, 0.29) is 11.9 Å². The molecule has 0 aromatic carbocycles. The lowest BCUT2D eigenvalue weighted by Gasteiger charge is -2.12. The van der Waals surface area contributed by atoms with Gasteiger partial charge in [0.25, 0.3) is 5.91 Å². The Kier molecular flexibility index (Phi) is 4.00. The lowest BCUT2D eigenvalue weighted by atomic mass is 10.2. The SMILES string of the molecule is CCC(CBr)NC(=O)c1cc2sccc2s1. The Bertz CT molecular complexity index is 458. The summed E-state index contributed by atoms with van der Waals surface area (Å²) in [7, 11) is 0. The highest BCUT2D eigenvalue weighted by Gasteiger charge is 2.14. The first-order valence-electron chi connectivity index (χ1n) is 5.08. The van der Waals surface area contributed by atoms with Crippen molar-refractivity contribution in [3.8, 4) is 0 Å². The summed E-state index contributed by atoms with van der Waals surface area (Å²) in [5.41, 5.74) is 0. The van der Waals surface area contributed by atoms with E-state index in [1.54, 1.807) is 22.7 Å². The first-order valence-corrected chi connectivity index (χ1v) is 7.90. The van der Waals surface area contributed by atoms with Crippen molar-refractivity contribution in [1.29, 1.82) is 0 Å². The number of fused-ring (bicyclic) bond motifs is 1. The largest absolute Gasteiger partial charge is 0.348 e. The van der Waals surface area contributed by atoms with E-state index in [0.717, 1.165) is 16.6 Å². The number of thiophene rings is 2. The molecule has 2 aromatic heterocycles.